The molecule has 2 heterocycles. The van der Waals surface area contributed by atoms with E-state index in [-0.39, 0.29) is 16.2 Å². The molecule has 0 saturated carbocycles. The van der Waals surface area contributed by atoms with Crippen molar-refractivity contribution >= 4 is 17.4 Å². The first-order valence-corrected chi connectivity index (χ1v) is 9.33. The molecule has 138 valence electrons. The maximum Gasteiger partial charge on any atom is 0.165 e. The molecule has 3 nitrogen and oxygen atoms in total. The van der Waals surface area contributed by atoms with Gasteiger partial charge < -0.3 is 4.98 Å². The van der Waals surface area contributed by atoms with Gasteiger partial charge in [-0.2, -0.15) is 0 Å². The van der Waals surface area contributed by atoms with Crippen molar-refractivity contribution in [3.63, 3.8) is 0 Å². The number of hydrogen-bond acceptors (Lipinski definition) is 2. The van der Waals surface area contributed by atoms with Crippen molar-refractivity contribution in [1.29, 1.82) is 0 Å². The number of hydrogen-bond donors (Lipinski definition) is 1. The minimum Gasteiger partial charge on any atom is -0.358 e. The average Bonchev–Trinajstić information content (AvgIpc) is 2.96. The van der Waals surface area contributed by atoms with Crippen molar-refractivity contribution < 1.29 is 9.18 Å². The first kappa shape index (κ1) is 17.9. The van der Waals surface area contributed by atoms with E-state index in [2.05, 4.69) is 23.8 Å². The molecule has 1 aromatic carbocycles. The summed E-state index contributed by atoms with van der Waals surface area (Å²) in [6.45, 7) is 4.22. The highest BCUT2D eigenvalue weighted by Gasteiger charge is 2.35. The Balaban J connectivity index is 1.87. The third-order valence-electron chi connectivity index (χ3n) is 5.09. The predicted molar refractivity (Wildman–Crippen MR) is 105 cm³/mol. The van der Waals surface area contributed by atoms with E-state index >= 15 is 0 Å². The van der Waals surface area contributed by atoms with Gasteiger partial charge >= 0.3 is 0 Å². The monoisotopic (exact) mass is 382 g/mol. The van der Waals surface area contributed by atoms with Gasteiger partial charge in [-0.05, 0) is 47.2 Å². The first-order chi connectivity index (χ1) is 12.8. The fourth-order valence-electron chi connectivity index (χ4n) is 3.92. The Morgan fingerprint density at radius 1 is 1.19 bits per heavy atom. The first-order valence-electron chi connectivity index (χ1n) is 8.95. The lowest BCUT2D eigenvalue weighted by atomic mass is 9.75. The van der Waals surface area contributed by atoms with Gasteiger partial charge in [-0.15, -0.1) is 0 Å². The van der Waals surface area contributed by atoms with Gasteiger partial charge in [0.1, 0.15) is 5.82 Å². The number of nitrogens with one attached hydrogen (secondary N) is 1. The van der Waals surface area contributed by atoms with E-state index < -0.39 is 5.82 Å². The molecule has 1 aliphatic carbocycles. The van der Waals surface area contributed by atoms with Crippen molar-refractivity contribution in [3.8, 4) is 11.3 Å². The highest BCUT2D eigenvalue weighted by atomic mass is 35.5. The summed E-state index contributed by atoms with van der Waals surface area (Å²) in [5.41, 5.74) is 5.41. The van der Waals surface area contributed by atoms with Crippen LogP contribution in [0.2, 0.25) is 5.02 Å². The van der Waals surface area contributed by atoms with E-state index in [1.54, 1.807) is 24.5 Å². The predicted octanol–water partition coefficient (Wildman–Crippen LogP) is 5.62. The number of nitrogens with zero attached hydrogens (tertiary/aromatic N) is 1. The maximum atomic E-state index is 13.5. The molecule has 0 spiro atoms. The summed E-state index contributed by atoms with van der Waals surface area (Å²) in [6.07, 6.45) is 5.32. The summed E-state index contributed by atoms with van der Waals surface area (Å²) in [4.78, 5) is 20.5. The second-order valence-corrected chi connectivity index (χ2v) is 8.34. The molecule has 2 aromatic heterocycles. The SMILES string of the molecule is CC1(C)CC(=O)c2c([nH]c(-c3ccncc3)c2Cc2ccc(F)c(Cl)c2)C1. The van der Waals surface area contributed by atoms with Crippen LogP contribution in [0.1, 0.15) is 47.4 Å². The number of aromatic amines is 1. The molecule has 0 atom stereocenters. The van der Waals surface area contributed by atoms with Crippen LogP contribution in [0.25, 0.3) is 11.3 Å². The van der Waals surface area contributed by atoms with Crippen LogP contribution in [0.5, 0.6) is 0 Å². The zero-order valence-electron chi connectivity index (χ0n) is 15.3. The van der Waals surface area contributed by atoms with Crippen molar-refractivity contribution in [2.75, 3.05) is 0 Å². The number of carbonyl (C=O) groups is 1. The second kappa shape index (κ2) is 6.61. The van der Waals surface area contributed by atoms with Crippen LogP contribution in [-0.4, -0.2) is 15.8 Å². The van der Waals surface area contributed by atoms with Gasteiger partial charge in [0.15, 0.2) is 5.78 Å². The van der Waals surface area contributed by atoms with Gasteiger partial charge in [-0.1, -0.05) is 31.5 Å². The van der Waals surface area contributed by atoms with E-state index in [1.165, 1.54) is 6.07 Å². The van der Waals surface area contributed by atoms with Gasteiger partial charge in [0.2, 0.25) is 0 Å². The molecule has 4 rings (SSSR count). The Kier molecular flexibility index (Phi) is 4.39. The summed E-state index contributed by atoms with van der Waals surface area (Å²) in [6, 6.07) is 8.56. The van der Waals surface area contributed by atoms with Crippen LogP contribution in [-0.2, 0) is 12.8 Å². The molecule has 0 radical (unpaired) electrons. The normalized spacial score (nSPS) is 15.6. The lowest BCUT2D eigenvalue weighted by Crippen LogP contribution is -2.27. The van der Waals surface area contributed by atoms with Crippen molar-refractivity contribution in [2.45, 2.75) is 33.1 Å². The Morgan fingerprint density at radius 3 is 2.63 bits per heavy atom. The number of halogens is 2. The van der Waals surface area contributed by atoms with Crippen molar-refractivity contribution in [3.05, 3.63) is 75.9 Å². The lowest BCUT2D eigenvalue weighted by molar-refractivity contribution is 0.0911. The van der Waals surface area contributed by atoms with Crippen LogP contribution in [0.4, 0.5) is 4.39 Å². The van der Waals surface area contributed by atoms with E-state index in [0.717, 1.165) is 40.1 Å². The standard InChI is InChI=1S/C22H20ClFN2O/c1-22(2)11-18-20(19(27)12-22)15(9-13-3-4-17(24)16(23)10-13)21(26-18)14-5-7-25-8-6-14/h3-8,10,26H,9,11-12H2,1-2H3. The molecule has 1 aliphatic rings. The van der Waals surface area contributed by atoms with Gasteiger partial charge in [0, 0.05) is 42.1 Å². The van der Waals surface area contributed by atoms with E-state index in [4.69, 9.17) is 11.6 Å². The number of carbonyl (C=O) groups excluding carboxylic acids is 1. The molecule has 0 saturated heterocycles. The van der Waals surface area contributed by atoms with Crippen LogP contribution >= 0.6 is 11.6 Å². The summed E-state index contributed by atoms with van der Waals surface area (Å²) in [5, 5.41) is 0.0924. The number of aromatic nitrogens is 2. The molecule has 1 N–H and O–H groups in total. The Labute approximate surface area is 162 Å². The van der Waals surface area contributed by atoms with E-state index in [9.17, 15) is 9.18 Å². The summed E-state index contributed by atoms with van der Waals surface area (Å²) in [5.74, 6) is -0.287. The topological polar surface area (TPSA) is 45.8 Å². The van der Waals surface area contributed by atoms with Gasteiger partial charge in [-0.3, -0.25) is 9.78 Å². The molecule has 5 heteroatoms. The second-order valence-electron chi connectivity index (χ2n) is 7.93. The Hall–Kier alpha value is -2.46. The molecule has 0 amide bonds. The zero-order valence-corrected chi connectivity index (χ0v) is 16.0. The Bertz CT molecular complexity index is 1020. The maximum absolute atomic E-state index is 13.5. The molecule has 3 aromatic rings. The molecule has 0 unspecified atom stereocenters. The number of fused-ring (bicyclic) bond motifs is 1. The highest BCUT2D eigenvalue weighted by Crippen LogP contribution is 2.40. The average molecular weight is 383 g/mol. The van der Waals surface area contributed by atoms with Crippen molar-refractivity contribution in [2.24, 2.45) is 5.41 Å². The molecular weight excluding hydrogens is 363 g/mol. The number of H-pyrrole nitrogens is 1. The minimum absolute atomic E-state index is 0.0685. The summed E-state index contributed by atoms with van der Waals surface area (Å²) < 4.78 is 13.5. The quantitative estimate of drug-likeness (QED) is 0.639. The molecular formula is C22H20ClFN2O. The van der Waals surface area contributed by atoms with Crippen LogP contribution in [0, 0.1) is 11.2 Å². The van der Waals surface area contributed by atoms with Crippen LogP contribution in [0.3, 0.4) is 0 Å². The lowest BCUT2D eigenvalue weighted by Gasteiger charge is -2.28. The number of ketones is 1. The number of rotatable bonds is 3. The highest BCUT2D eigenvalue weighted by molar-refractivity contribution is 6.30. The van der Waals surface area contributed by atoms with Gasteiger partial charge in [0.05, 0.1) is 10.7 Å². The third-order valence-corrected chi connectivity index (χ3v) is 5.38. The van der Waals surface area contributed by atoms with E-state index in [1.807, 2.05) is 12.1 Å². The molecule has 0 fully saturated rings. The van der Waals surface area contributed by atoms with E-state index in [0.29, 0.717) is 12.8 Å². The molecule has 0 aliphatic heterocycles. The molecule has 27 heavy (non-hydrogen) atoms. The molecule has 0 bridgehead atoms. The van der Waals surface area contributed by atoms with Crippen LogP contribution in [0.15, 0.2) is 42.7 Å². The van der Waals surface area contributed by atoms with Gasteiger partial charge in [-0.25, -0.2) is 4.39 Å². The number of benzene rings is 1. The summed E-state index contributed by atoms with van der Waals surface area (Å²) in [7, 11) is 0. The smallest absolute Gasteiger partial charge is 0.165 e. The minimum atomic E-state index is -0.441. The third kappa shape index (κ3) is 3.42. The Morgan fingerprint density at radius 2 is 1.93 bits per heavy atom. The van der Waals surface area contributed by atoms with Gasteiger partial charge in [0.25, 0.3) is 0 Å². The van der Waals surface area contributed by atoms with Crippen LogP contribution < -0.4 is 0 Å². The summed E-state index contributed by atoms with van der Waals surface area (Å²) >= 11 is 5.96. The zero-order chi connectivity index (χ0) is 19.2. The number of Topliss-reactive ketones (excluding diaryl/α,β-unsaturated/α-hetero) is 1. The number of pyridine rings is 1. The largest absolute Gasteiger partial charge is 0.358 e. The fourth-order valence-corrected chi connectivity index (χ4v) is 4.13. The van der Waals surface area contributed by atoms with Crippen molar-refractivity contribution in [1.82, 2.24) is 9.97 Å². The fraction of sp³-hybridized carbons (Fsp3) is 0.273.